The van der Waals surface area contributed by atoms with Gasteiger partial charge in [-0.05, 0) is 44.0 Å². The zero-order valence-electron chi connectivity index (χ0n) is 12.8. The summed E-state index contributed by atoms with van der Waals surface area (Å²) in [5, 5.41) is 13.0. The number of benzene rings is 1. The molecule has 0 aliphatic carbocycles. The molecule has 2 N–H and O–H groups in total. The smallest absolute Gasteiger partial charge is 0.0547 e. The van der Waals surface area contributed by atoms with Crippen molar-refractivity contribution in [1.29, 1.82) is 0 Å². The molecule has 2 unspecified atom stereocenters. The summed E-state index contributed by atoms with van der Waals surface area (Å²) in [6.45, 7) is 12.0. The number of hydrogen-bond acceptors (Lipinski definition) is 3. The van der Waals surface area contributed by atoms with Gasteiger partial charge in [-0.1, -0.05) is 31.5 Å². The molecule has 0 heterocycles. The van der Waals surface area contributed by atoms with E-state index in [0.29, 0.717) is 11.3 Å². The van der Waals surface area contributed by atoms with Crippen LogP contribution in [0.2, 0.25) is 0 Å². The monoisotopic (exact) mass is 281 g/mol. The van der Waals surface area contributed by atoms with Gasteiger partial charge in [-0.25, -0.2) is 0 Å². The average Bonchev–Trinajstić information content (AvgIpc) is 2.34. The lowest BCUT2D eigenvalue weighted by Crippen LogP contribution is -2.25. The normalized spacial score (nSPS) is 14.4. The highest BCUT2D eigenvalue weighted by Crippen LogP contribution is 2.27. The van der Waals surface area contributed by atoms with Gasteiger partial charge in [0.1, 0.15) is 0 Å². The summed E-state index contributed by atoms with van der Waals surface area (Å²) in [6, 6.07) is 4.88. The van der Waals surface area contributed by atoms with Gasteiger partial charge in [0.2, 0.25) is 0 Å². The maximum Gasteiger partial charge on any atom is 0.0547 e. The van der Waals surface area contributed by atoms with Gasteiger partial charge in [-0.2, -0.15) is 11.8 Å². The summed E-state index contributed by atoms with van der Waals surface area (Å²) >= 11 is 1.83. The van der Waals surface area contributed by atoms with E-state index in [1.54, 1.807) is 0 Å². The summed E-state index contributed by atoms with van der Waals surface area (Å²) in [5.41, 5.74) is 5.47. The minimum absolute atomic E-state index is 0.245. The Kier molecular flexibility index (Phi) is 6.90. The van der Waals surface area contributed by atoms with E-state index in [-0.39, 0.29) is 6.61 Å². The van der Waals surface area contributed by atoms with E-state index < -0.39 is 0 Å². The van der Waals surface area contributed by atoms with Crippen molar-refractivity contribution in [3.63, 3.8) is 0 Å². The molecule has 2 nitrogen and oxygen atoms in total. The molecule has 0 saturated heterocycles. The van der Waals surface area contributed by atoms with Crippen LogP contribution in [0.4, 0.5) is 0 Å². The fourth-order valence-electron chi connectivity index (χ4n) is 2.54. The highest BCUT2D eigenvalue weighted by atomic mass is 32.2. The molecule has 0 aromatic heterocycles. The maximum atomic E-state index is 9.15. The molecule has 0 aliphatic heterocycles. The van der Waals surface area contributed by atoms with Crippen LogP contribution >= 0.6 is 11.8 Å². The molecule has 0 spiro atoms. The first-order valence-corrected chi connectivity index (χ1v) is 8.08. The molecule has 19 heavy (non-hydrogen) atoms. The zero-order chi connectivity index (χ0) is 14.4. The second kappa shape index (κ2) is 7.93. The molecule has 1 aromatic rings. The SMILES string of the molecule is CCNC(CSC(C)CO)c1c(C)cc(C)cc1C. The second-order valence-corrected chi connectivity index (χ2v) is 6.72. The van der Waals surface area contributed by atoms with Crippen molar-refractivity contribution in [3.8, 4) is 0 Å². The second-order valence-electron chi connectivity index (χ2n) is 5.25. The Morgan fingerprint density at radius 1 is 1.21 bits per heavy atom. The largest absolute Gasteiger partial charge is 0.395 e. The van der Waals surface area contributed by atoms with E-state index in [2.05, 4.69) is 52.1 Å². The van der Waals surface area contributed by atoms with Crippen LogP contribution in [-0.4, -0.2) is 29.3 Å². The van der Waals surface area contributed by atoms with Crippen molar-refractivity contribution < 1.29 is 5.11 Å². The Labute approximate surface area is 122 Å². The van der Waals surface area contributed by atoms with Crippen LogP contribution in [0.15, 0.2) is 12.1 Å². The molecule has 1 rings (SSSR count). The number of thioether (sulfide) groups is 1. The van der Waals surface area contributed by atoms with Crippen molar-refractivity contribution >= 4 is 11.8 Å². The van der Waals surface area contributed by atoms with E-state index in [9.17, 15) is 0 Å². The lowest BCUT2D eigenvalue weighted by Gasteiger charge is -2.24. The van der Waals surface area contributed by atoms with Crippen LogP contribution in [0, 0.1) is 20.8 Å². The maximum absolute atomic E-state index is 9.15. The van der Waals surface area contributed by atoms with E-state index in [4.69, 9.17) is 5.11 Å². The summed E-state index contributed by atoms with van der Waals surface area (Å²) in [7, 11) is 0. The van der Waals surface area contributed by atoms with Gasteiger partial charge in [-0.3, -0.25) is 0 Å². The van der Waals surface area contributed by atoms with Gasteiger partial charge < -0.3 is 10.4 Å². The fourth-order valence-corrected chi connectivity index (χ4v) is 3.46. The first kappa shape index (κ1) is 16.5. The van der Waals surface area contributed by atoms with Gasteiger partial charge >= 0.3 is 0 Å². The predicted octanol–water partition coefficient (Wildman–Crippen LogP) is 3.38. The van der Waals surface area contributed by atoms with Crippen molar-refractivity contribution in [2.45, 2.75) is 45.9 Å². The highest BCUT2D eigenvalue weighted by molar-refractivity contribution is 7.99. The summed E-state index contributed by atoms with van der Waals surface area (Å²) in [5.74, 6) is 1.00. The number of aryl methyl sites for hydroxylation is 3. The van der Waals surface area contributed by atoms with Crippen molar-refractivity contribution in [3.05, 3.63) is 34.4 Å². The van der Waals surface area contributed by atoms with E-state index >= 15 is 0 Å². The molecule has 0 aliphatic rings. The van der Waals surface area contributed by atoms with Gasteiger partial charge in [0.25, 0.3) is 0 Å². The Morgan fingerprint density at radius 2 is 1.79 bits per heavy atom. The molecule has 0 amide bonds. The average molecular weight is 281 g/mol. The molecule has 0 fully saturated rings. The minimum Gasteiger partial charge on any atom is -0.395 e. The number of rotatable bonds is 7. The molecule has 0 bridgehead atoms. The predicted molar refractivity (Wildman–Crippen MR) is 86.1 cm³/mol. The third kappa shape index (κ3) is 4.83. The van der Waals surface area contributed by atoms with E-state index in [1.807, 2.05) is 11.8 Å². The summed E-state index contributed by atoms with van der Waals surface area (Å²) in [4.78, 5) is 0. The molecule has 108 valence electrons. The van der Waals surface area contributed by atoms with Gasteiger partial charge in [-0.15, -0.1) is 0 Å². The lowest BCUT2D eigenvalue weighted by atomic mass is 9.95. The standard InChI is InChI=1S/C16H27NOS/c1-6-17-15(10-19-14(5)9-18)16-12(3)7-11(2)8-13(16)4/h7-8,14-15,17-18H,6,9-10H2,1-5H3. The quantitative estimate of drug-likeness (QED) is 0.803. The Hall–Kier alpha value is -0.510. The lowest BCUT2D eigenvalue weighted by molar-refractivity contribution is 0.300. The summed E-state index contributed by atoms with van der Waals surface area (Å²) in [6.07, 6.45) is 0. The van der Waals surface area contributed by atoms with Crippen LogP contribution in [0.3, 0.4) is 0 Å². The molecular formula is C16H27NOS. The van der Waals surface area contributed by atoms with Gasteiger partial charge in [0.05, 0.1) is 6.61 Å². The zero-order valence-corrected chi connectivity index (χ0v) is 13.6. The van der Waals surface area contributed by atoms with Crippen LogP contribution < -0.4 is 5.32 Å². The Bertz CT molecular complexity index is 383. The third-order valence-electron chi connectivity index (χ3n) is 3.34. The van der Waals surface area contributed by atoms with Gasteiger partial charge in [0.15, 0.2) is 0 Å². The van der Waals surface area contributed by atoms with Crippen LogP contribution in [0.5, 0.6) is 0 Å². The molecule has 1 aromatic carbocycles. The Morgan fingerprint density at radius 3 is 2.26 bits per heavy atom. The first-order valence-electron chi connectivity index (χ1n) is 7.03. The van der Waals surface area contributed by atoms with Crippen LogP contribution in [-0.2, 0) is 0 Å². The fraction of sp³-hybridized carbons (Fsp3) is 0.625. The van der Waals surface area contributed by atoms with Crippen molar-refractivity contribution in [1.82, 2.24) is 5.32 Å². The molecule has 0 radical (unpaired) electrons. The van der Waals surface area contributed by atoms with Crippen LogP contribution in [0.25, 0.3) is 0 Å². The van der Waals surface area contributed by atoms with Crippen LogP contribution in [0.1, 0.15) is 42.1 Å². The summed E-state index contributed by atoms with van der Waals surface area (Å²) < 4.78 is 0. The number of aliphatic hydroxyl groups is 1. The first-order chi connectivity index (χ1) is 8.99. The molecule has 2 atom stereocenters. The van der Waals surface area contributed by atoms with E-state index in [1.165, 1.54) is 22.3 Å². The minimum atomic E-state index is 0.245. The highest BCUT2D eigenvalue weighted by Gasteiger charge is 2.17. The molecule has 3 heteroatoms. The topological polar surface area (TPSA) is 32.3 Å². The van der Waals surface area contributed by atoms with Gasteiger partial charge in [0, 0.05) is 17.0 Å². The number of aliphatic hydroxyl groups excluding tert-OH is 1. The van der Waals surface area contributed by atoms with Crippen molar-refractivity contribution in [2.75, 3.05) is 18.9 Å². The molecule has 0 saturated carbocycles. The molecular weight excluding hydrogens is 254 g/mol. The third-order valence-corrected chi connectivity index (χ3v) is 4.59. The van der Waals surface area contributed by atoms with E-state index in [0.717, 1.165) is 12.3 Å². The number of hydrogen-bond donors (Lipinski definition) is 2. The Balaban J connectivity index is 2.92. The number of nitrogens with one attached hydrogen (secondary N) is 1. The van der Waals surface area contributed by atoms with Crippen molar-refractivity contribution in [2.24, 2.45) is 0 Å².